The predicted octanol–water partition coefficient (Wildman–Crippen LogP) is 4.31. The summed E-state index contributed by atoms with van der Waals surface area (Å²) in [4.78, 5) is 26.8. The third kappa shape index (κ3) is 6.23. The molecule has 2 aromatic rings. The summed E-state index contributed by atoms with van der Waals surface area (Å²) in [6, 6.07) is 11.5. The van der Waals surface area contributed by atoms with Gasteiger partial charge in [-0.25, -0.2) is 9.59 Å². The largest absolute Gasteiger partial charge is 0.611 e. The number of benzene rings is 2. The van der Waals surface area contributed by atoms with Crippen molar-refractivity contribution in [3.8, 4) is 0 Å². The van der Waals surface area contributed by atoms with Gasteiger partial charge in [-0.3, -0.25) is 0 Å². The molecule has 2 aromatic carbocycles. The van der Waals surface area contributed by atoms with Crippen LogP contribution in [0.15, 0.2) is 76.0 Å². The van der Waals surface area contributed by atoms with Gasteiger partial charge in [0, 0.05) is 17.8 Å². The van der Waals surface area contributed by atoms with E-state index in [0.717, 1.165) is 6.07 Å². The van der Waals surface area contributed by atoms with Crippen LogP contribution < -0.4 is 11.1 Å². The summed E-state index contributed by atoms with van der Waals surface area (Å²) in [5.74, 6) is -3.56. The maximum atomic E-state index is 14.1. The molecule has 0 saturated carbocycles. The van der Waals surface area contributed by atoms with E-state index in [4.69, 9.17) is 15.2 Å². The summed E-state index contributed by atoms with van der Waals surface area (Å²) in [5.41, 5.74) is 4.94. The Morgan fingerprint density at radius 3 is 2.18 bits per heavy atom. The van der Waals surface area contributed by atoms with Crippen LogP contribution in [0.5, 0.6) is 0 Å². The number of alkyl halides is 3. The average Bonchev–Trinajstić information content (AvgIpc) is 2.87. The first-order valence-corrected chi connectivity index (χ1v) is 13.2. The lowest BCUT2D eigenvalue weighted by molar-refractivity contribution is -0.142. The van der Waals surface area contributed by atoms with Gasteiger partial charge in [0.25, 0.3) is 0 Å². The van der Waals surface area contributed by atoms with E-state index in [0.29, 0.717) is 10.5 Å². The number of halogens is 3. The van der Waals surface area contributed by atoms with Crippen molar-refractivity contribution in [3.05, 3.63) is 87.8 Å². The van der Waals surface area contributed by atoms with Crippen molar-refractivity contribution in [2.75, 3.05) is 19.0 Å². The van der Waals surface area contributed by atoms with E-state index < -0.39 is 40.8 Å². The van der Waals surface area contributed by atoms with Crippen molar-refractivity contribution in [1.29, 1.82) is 0 Å². The highest BCUT2D eigenvalue weighted by Crippen LogP contribution is 2.44. The van der Waals surface area contributed by atoms with Gasteiger partial charge in [0.1, 0.15) is 0 Å². The minimum absolute atomic E-state index is 0.0333. The van der Waals surface area contributed by atoms with Crippen molar-refractivity contribution < 1.29 is 36.8 Å². The van der Waals surface area contributed by atoms with Crippen molar-refractivity contribution >= 4 is 23.1 Å². The molecule has 3 rings (SSSR count). The molecule has 1 aliphatic rings. The molecule has 2 atom stereocenters. The third-order valence-corrected chi connectivity index (χ3v) is 7.37. The minimum atomic E-state index is -4.78. The average molecular weight is 551 g/mol. The van der Waals surface area contributed by atoms with Crippen LogP contribution in [0.25, 0.3) is 0 Å². The van der Waals surface area contributed by atoms with Crippen molar-refractivity contribution in [2.24, 2.45) is 5.73 Å². The Kier molecular flexibility index (Phi) is 9.64. The number of nitrogens with one attached hydrogen (secondary N) is 1. The lowest BCUT2D eigenvalue weighted by Gasteiger charge is -2.32. The first-order valence-electron chi connectivity index (χ1n) is 11.9. The monoisotopic (exact) mass is 550 g/mol. The molecule has 1 heterocycles. The predicted molar refractivity (Wildman–Crippen MR) is 136 cm³/mol. The van der Waals surface area contributed by atoms with E-state index in [-0.39, 0.29) is 53.6 Å². The minimum Gasteiger partial charge on any atom is -0.611 e. The second-order valence-corrected chi connectivity index (χ2v) is 9.74. The van der Waals surface area contributed by atoms with Gasteiger partial charge < -0.3 is 25.1 Å². The van der Waals surface area contributed by atoms with Gasteiger partial charge in [0.05, 0.1) is 41.5 Å². The molecule has 0 aromatic heterocycles. The van der Waals surface area contributed by atoms with Gasteiger partial charge in [-0.1, -0.05) is 36.4 Å². The molecule has 7 nitrogen and oxygen atoms in total. The Morgan fingerprint density at radius 2 is 1.58 bits per heavy atom. The molecular formula is C27H29F3N2O5S. The Labute approximate surface area is 222 Å². The second-order valence-electron chi connectivity index (χ2n) is 8.32. The molecule has 0 radical (unpaired) electrons. The van der Waals surface area contributed by atoms with Crippen LogP contribution in [0.2, 0.25) is 0 Å². The van der Waals surface area contributed by atoms with E-state index in [1.54, 1.807) is 38.1 Å². The molecule has 204 valence electrons. The molecule has 2 unspecified atom stereocenters. The van der Waals surface area contributed by atoms with E-state index in [1.807, 2.05) is 0 Å². The summed E-state index contributed by atoms with van der Waals surface area (Å²) >= 11 is -1.74. The van der Waals surface area contributed by atoms with Gasteiger partial charge in [0.2, 0.25) is 0 Å². The summed E-state index contributed by atoms with van der Waals surface area (Å²) in [5, 5.41) is 2.94. The highest BCUT2D eigenvalue weighted by Gasteiger charge is 2.44. The van der Waals surface area contributed by atoms with Gasteiger partial charge in [-0.2, -0.15) is 13.2 Å². The first-order chi connectivity index (χ1) is 18.0. The van der Waals surface area contributed by atoms with Crippen molar-refractivity contribution in [1.82, 2.24) is 5.32 Å². The lowest BCUT2D eigenvalue weighted by Crippen LogP contribution is -2.36. The fourth-order valence-corrected chi connectivity index (χ4v) is 5.68. The number of rotatable bonds is 9. The Morgan fingerprint density at radius 1 is 1.00 bits per heavy atom. The third-order valence-electron chi connectivity index (χ3n) is 5.93. The van der Waals surface area contributed by atoms with Crippen LogP contribution in [0.1, 0.15) is 43.4 Å². The summed E-state index contributed by atoms with van der Waals surface area (Å²) in [6.07, 6.45) is -4.78. The fourth-order valence-electron chi connectivity index (χ4n) is 4.36. The fraction of sp³-hybridized carbons (Fsp3) is 0.333. The zero-order valence-corrected chi connectivity index (χ0v) is 22.0. The molecular weight excluding hydrogens is 521 g/mol. The molecule has 0 bridgehead atoms. The SMILES string of the molecule is CCOC(=O)C1=C(C)NC(C[S+]([O-])c2ccccc2CN)=C(C(=O)OCC)C1c1ccccc1C(F)(F)F. The number of nitrogens with two attached hydrogens (primary N) is 1. The zero-order valence-electron chi connectivity index (χ0n) is 21.2. The summed E-state index contributed by atoms with van der Waals surface area (Å²) < 4.78 is 66.2. The smallest absolute Gasteiger partial charge is 0.416 e. The van der Waals surface area contributed by atoms with Crippen LogP contribution in [0.3, 0.4) is 0 Å². The van der Waals surface area contributed by atoms with Gasteiger partial charge in [0.15, 0.2) is 10.6 Å². The van der Waals surface area contributed by atoms with Crippen LogP contribution in [0.4, 0.5) is 13.2 Å². The number of hydrogen-bond donors (Lipinski definition) is 2. The zero-order chi connectivity index (χ0) is 28.0. The highest BCUT2D eigenvalue weighted by molar-refractivity contribution is 7.91. The number of ether oxygens (including phenoxy) is 2. The molecule has 0 fully saturated rings. The Bertz CT molecular complexity index is 1260. The van der Waals surface area contributed by atoms with Crippen LogP contribution >= 0.6 is 0 Å². The molecule has 0 saturated heterocycles. The van der Waals surface area contributed by atoms with Crippen molar-refractivity contribution in [3.63, 3.8) is 0 Å². The second kappa shape index (κ2) is 12.5. The quantitative estimate of drug-likeness (QED) is 0.353. The van der Waals surface area contributed by atoms with E-state index >= 15 is 0 Å². The van der Waals surface area contributed by atoms with E-state index in [2.05, 4.69) is 5.32 Å². The molecule has 38 heavy (non-hydrogen) atoms. The molecule has 3 N–H and O–H groups in total. The van der Waals surface area contributed by atoms with E-state index in [1.165, 1.54) is 25.1 Å². The molecule has 11 heteroatoms. The molecule has 0 aliphatic carbocycles. The Hall–Kier alpha value is -3.28. The number of hydrogen-bond acceptors (Lipinski definition) is 7. The summed E-state index contributed by atoms with van der Waals surface area (Å²) in [7, 11) is 0. The standard InChI is InChI=1S/C27H29F3N2O5S/c1-4-36-25(33)22-16(3)32-20(15-38(35)21-13-9-6-10-17(21)14-31)24(26(34)37-5-2)23(22)18-11-7-8-12-19(18)27(28,29)30/h6-13,23,32H,4-5,14-15,31H2,1-3H3. The topological polar surface area (TPSA) is 114 Å². The number of carbonyl (C=O) groups excluding carboxylic acids is 2. The normalized spacial score (nSPS) is 16.7. The number of allylic oxidation sites excluding steroid dienone is 1. The van der Waals surface area contributed by atoms with Gasteiger partial charge >= 0.3 is 18.1 Å². The Balaban J connectivity index is 2.28. The lowest BCUT2D eigenvalue weighted by atomic mass is 9.78. The molecule has 0 spiro atoms. The maximum Gasteiger partial charge on any atom is 0.416 e. The first kappa shape index (κ1) is 29.3. The number of carbonyl (C=O) groups is 2. The summed E-state index contributed by atoms with van der Waals surface area (Å²) in [6.45, 7) is 4.62. The van der Waals surface area contributed by atoms with Crippen LogP contribution in [0, 0.1) is 0 Å². The van der Waals surface area contributed by atoms with Crippen LogP contribution in [-0.2, 0) is 43.0 Å². The highest BCUT2D eigenvalue weighted by atomic mass is 32.2. The molecule has 1 aliphatic heterocycles. The van der Waals surface area contributed by atoms with Gasteiger partial charge in [-0.15, -0.1) is 0 Å². The number of dihydropyridines is 1. The maximum absolute atomic E-state index is 14.1. The van der Waals surface area contributed by atoms with Crippen LogP contribution in [-0.4, -0.2) is 35.5 Å². The van der Waals surface area contributed by atoms with Gasteiger partial charge in [-0.05, 0) is 49.6 Å². The number of esters is 2. The van der Waals surface area contributed by atoms with E-state index in [9.17, 15) is 27.3 Å². The molecule has 0 amide bonds. The van der Waals surface area contributed by atoms with Crippen molar-refractivity contribution in [2.45, 2.75) is 44.3 Å².